The third kappa shape index (κ3) is 6.39. The van der Waals surface area contributed by atoms with Crippen LogP contribution in [0.15, 0.2) is 60.7 Å². The lowest BCUT2D eigenvalue weighted by Gasteiger charge is -2.26. The third-order valence-corrected chi connectivity index (χ3v) is 4.04. The summed E-state index contributed by atoms with van der Waals surface area (Å²) in [5, 5.41) is 15.9. The second-order valence-corrected chi connectivity index (χ2v) is 7.64. The maximum absolute atomic E-state index is 12.9. The van der Waals surface area contributed by atoms with Gasteiger partial charge in [-0.15, -0.1) is 0 Å². The number of hydrogen-bond acceptors (Lipinski definition) is 4. The molecule has 2 aromatic rings. The zero-order valence-electron chi connectivity index (χ0n) is 16.7. The van der Waals surface area contributed by atoms with E-state index in [0.29, 0.717) is 11.1 Å². The Balaban J connectivity index is 2.13. The molecule has 2 rings (SSSR count). The van der Waals surface area contributed by atoms with Crippen LogP contribution < -0.4 is 10.6 Å². The van der Waals surface area contributed by atoms with E-state index in [4.69, 9.17) is 4.74 Å². The Kier molecular flexibility index (Phi) is 7.18. The van der Waals surface area contributed by atoms with Gasteiger partial charge in [-0.25, -0.2) is 4.79 Å². The van der Waals surface area contributed by atoms with Gasteiger partial charge in [0.2, 0.25) is 5.91 Å². The molecular weight excluding hydrogens is 356 g/mol. The maximum atomic E-state index is 12.9. The number of rotatable bonds is 6. The summed E-state index contributed by atoms with van der Waals surface area (Å²) < 4.78 is 5.28. The molecule has 0 aromatic heterocycles. The highest BCUT2D eigenvalue weighted by molar-refractivity contribution is 5.87. The van der Waals surface area contributed by atoms with Crippen molar-refractivity contribution in [2.24, 2.45) is 0 Å². The first kappa shape index (κ1) is 21.4. The quantitative estimate of drug-likeness (QED) is 0.711. The first-order valence-electron chi connectivity index (χ1n) is 9.25. The fourth-order valence-corrected chi connectivity index (χ4v) is 2.70. The van der Waals surface area contributed by atoms with E-state index >= 15 is 0 Å². The van der Waals surface area contributed by atoms with Crippen LogP contribution in [0.1, 0.15) is 51.0 Å². The van der Waals surface area contributed by atoms with Gasteiger partial charge in [-0.1, -0.05) is 60.7 Å². The number of aliphatic hydroxyl groups excluding tert-OH is 1. The van der Waals surface area contributed by atoms with Gasteiger partial charge in [0.15, 0.2) is 0 Å². The van der Waals surface area contributed by atoms with Gasteiger partial charge in [0.05, 0.1) is 12.1 Å². The molecule has 0 radical (unpaired) electrons. The number of benzene rings is 2. The smallest absolute Gasteiger partial charge is 0.408 e. The Hall–Kier alpha value is -2.86. The van der Waals surface area contributed by atoms with Crippen molar-refractivity contribution < 1.29 is 19.4 Å². The summed E-state index contributed by atoms with van der Waals surface area (Å²) in [6.07, 6.45) is -1.56. The van der Waals surface area contributed by atoms with Crippen LogP contribution in [0.25, 0.3) is 0 Å². The molecule has 0 spiro atoms. The van der Waals surface area contributed by atoms with Crippen molar-refractivity contribution in [3.63, 3.8) is 0 Å². The highest BCUT2D eigenvalue weighted by Crippen LogP contribution is 2.19. The van der Waals surface area contributed by atoms with Crippen LogP contribution in [0, 0.1) is 0 Å². The average molecular weight is 384 g/mol. The van der Waals surface area contributed by atoms with Gasteiger partial charge < -0.3 is 20.5 Å². The maximum Gasteiger partial charge on any atom is 0.408 e. The third-order valence-electron chi connectivity index (χ3n) is 4.04. The lowest BCUT2D eigenvalue weighted by Crippen LogP contribution is -2.46. The number of hydrogen-bond donors (Lipinski definition) is 3. The summed E-state index contributed by atoms with van der Waals surface area (Å²) in [6, 6.07) is 16.5. The van der Waals surface area contributed by atoms with Gasteiger partial charge in [-0.3, -0.25) is 4.79 Å². The molecule has 2 aromatic carbocycles. The molecule has 0 aliphatic carbocycles. The number of amides is 2. The van der Waals surface area contributed by atoms with Gasteiger partial charge in [-0.2, -0.15) is 0 Å². The van der Waals surface area contributed by atoms with E-state index in [1.807, 2.05) is 24.3 Å². The van der Waals surface area contributed by atoms with E-state index in [2.05, 4.69) is 10.6 Å². The summed E-state index contributed by atoms with van der Waals surface area (Å²) in [4.78, 5) is 25.1. The van der Waals surface area contributed by atoms with Crippen LogP contribution in [-0.2, 0) is 9.53 Å². The molecule has 0 fully saturated rings. The number of carbonyl (C=O) groups is 2. The number of ether oxygens (including phenoxy) is 1. The standard InChI is InChI=1S/C22H28N2O4/c1-15(19(25)17-13-9-6-10-14-17)23-20(26)18(16-11-7-5-8-12-16)24-21(27)28-22(2,3)4/h5-15,18-19,25H,1-4H3,(H,23,26)(H,24,27)/t15-,18-,19-/m0/s1. The second-order valence-electron chi connectivity index (χ2n) is 7.64. The highest BCUT2D eigenvalue weighted by atomic mass is 16.6. The second kappa shape index (κ2) is 9.37. The van der Waals surface area contributed by atoms with Crippen LogP contribution in [0.4, 0.5) is 4.79 Å². The van der Waals surface area contributed by atoms with Crippen LogP contribution in [0.2, 0.25) is 0 Å². The van der Waals surface area contributed by atoms with Crippen LogP contribution >= 0.6 is 0 Å². The van der Waals surface area contributed by atoms with Crippen LogP contribution in [0.5, 0.6) is 0 Å². The van der Waals surface area contributed by atoms with Crippen molar-refractivity contribution in [2.75, 3.05) is 0 Å². The minimum Gasteiger partial charge on any atom is -0.444 e. The van der Waals surface area contributed by atoms with Gasteiger partial charge in [-0.05, 0) is 38.8 Å². The summed E-state index contributed by atoms with van der Waals surface area (Å²) in [6.45, 7) is 6.97. The molecule has 0 unspecified atom stereocenters. The number of alkyl carbamates (subject to hydrolysis) is 1. The first-order valence-corrected chi connectivity index (χ1v) is 9.25. The number of nitrogens with one attached hydrogen (secondary N) is 2. The van der Waals surface area contributed by atoms with Crippen molar-refractivity contribution >= 4 is 12.0 Å². The molecule has 0 heterocycles. The largest absolute Gasteiger partial charge is 0.444 e. The zero-order valence-corrected chi connectivity index (χ0v) is 16.7. The molecule has 0 aliphatic heterocycles. The molecule has 2 amide bonds. The van der Waals surface area contributed by atoms with Gasteiger partial charge in [0, 0.05) is 0 Å². The van der Waals surface area contributed by atoms with E-state index < -0.39 is 35.8 Å². The minimum absolute atomic E-state index is 0.431. The predicted molar refractivity (Wildman–Crippen MR) is 108 cm³/mol. The van der Waals surface area contributed by atoms with E-state index in [1.54, 1.807) is 64.1 Å². The number of carbonyl (C=O) groups excluding carboxylic acids is 2. The Labute approximate surface area is 165 Å². The molecule has 6 nitrogen and oxygen atoms in total. The molecule has 0 saturated carbocycles. The van der Waals surface area contributed by atoms with Crippen molar-refractivity contribution in [1.82, 2.24) is 10.6 Å². The van der Waals surface area contributed by atoms with Gasteiger partial charge >= 0.3 is 6.09 Å². The molecule has 6 heteroatoms. The molecule has 0 saturated heterocycles. The van der Waals surface area contributed by atoms with Gasteiger partial charge in [0.25, 0.3) is 0 Å². The fourth-order valence-electron chi connectivity index (χ4n) is 2.70. The highest BCUT2D eigenvalue weighted by Gasteiger charge is 2.28. The summed E-state index contributed by atoms with van der Waals surface area (Å²) in [7, 11) is 0. The summed E-state index contributed by atoms with van der Waals surface area (Å²) >= 11 is 0. The molecule has 150 valence electrons. The summed E-state index contributed by atoms with van der Waals surface area (Å²) in [5.41, 5.74) is 0.636. The normalized spacial score (nSPS) is 14.5. The van der Waals surface area contributed by atoms with Crippen molar-refractivity contribution in [3.8, 4) is 0 Å². The zero-order chi connectivity index (χ0) is 20.7. The Morgan fingerprint density at radius 3 is 1.89 bits per heavy atom. The van der Waals surface area contributed by atoms with E-state index in [0.717, 1.165) is 0 Å². The van der Waals surface area contributed by atoms with E-state index in [1.165, 1.54) is 0 Å². The lowest BCUT2D eigenvalue weighted by atomic mass is 10.0. The molecule has 0 aliphatic rings. The van der Waals surface area contributed by atoms with Crippen molar-refractivity contribution in [1.29, 1.82) is 0 Å². The predicted octanol–water partition coefficient (Wildman–Crippen LogP) is 3.49. The fraction of sp³-hybridized carbons (Fsp3) is 0.364. The Bertz CT molecular complexity index is 772. The average Bonchev–Trinajstić information content (AvgIpc) is 2.65. The SMILES string of the molecule is C[C@H](NC(=O)[C@@H](NC(=O)OC(C)(C)C)c1ccccc1)[C@H](O)c1ccccc1. The minimum atomic E-state index is -0.943. The van der Waals surface area contributed by atoms with E-state index in [9.17, 15) is 14.7 Å². The van der Waals surface area contributed by atoms with Crippen LogP contribution in [-0.4, -0.2) is 28.7 Å². The molecule has 0 bridgehead atoms. The first-order chi connectivity index (χ1) is 13.2. The number of aliphatic hydroxyl groups is 1. The van der Waals surface area contributed by atoms with E-state index in [-0.39, 0.29) is 0 Å². The molecule has 3 atom stereocenters. The van der Waals surface area contributed by atoms with Gasteiger partial charge in [0.1, 0.15) is 11.6 Å². The summed E-state index contributed by atoms with van der Waals surface area (Å²) in [5.74, 6) is -0.431. The lowest BCUT2D eigenvalue weighted by molar-refractivity contribution is -0.124. The Morgan fingerprint density at radius 2 is 1.39 bits per heavy atom. The monoisotopic (exact) mass is 384 g/mol. The Morgan fingerprint density at radius 1 is 0.893 bits per heavy atom. The topological polar surface area (TPSA) is 87.7 Å². The van der Waals surface area contributed by atoms with Crippen molar-refractivity contribution in [2.45, 2.75) is 51.5 Å². The molecule has 3 N–H and O–H groups in total. The molecular formula is C22H28N2O4. The molecule has 28 heavy (non-hydrogen) atoms. The van der Waals surface area contributed by atoms with Crippen molar-refractivity contribution in [3.05, 3.63) is 71.8 Å². The van der Waals surface area contributed by atoms with Crippen LogP contribution in [0.3, 0.4) is 0 Å².